The summed E-state index contributed by atoms with van der Waals surface area (Å²) in [5, 5.41) is 11.4. The number of aromatic nitrogens is 1. The summed E-state index contributed by atoms with van der Waals surface area (Å²) >= 11 is 0. The first kappa shape index (κ1) is 12.2. The third-order valence-corrected chi connectivity index (χ3v) is 2.30. The van der Waals surface area contributed by atoms with Crippen molar-refractivity contribution in [1.82, 2.24) is 10.3 Å². The molecule has 0 aromatic carbocycles. The number of hydrogen-bond donors (Lipinski definition) is 2. The molecule has 86 valence electrons. The fraction of sp³-hybridized carbons (Fsp3) is 0.364. The van der Waals surface area contributed by atoms with Crippen molar-refractivity contribution >= 4 is 11.9 Å². The van der Waals surface area contributed by atoms with E-state index in [0.29, 0.717) is 6.54 Å². The molecular formula is C11H14N2O3. The van der Waals surface area contributed by atoms with Gasteiger partial charge in [0.15, 0.2) is 0 Å². The van der Waals surface area contributed by atoms with Crippen LogP contribution in [0.15, 0.2) is 24.5 Å². The van der Waals surface area contributed by atoms with Gasteiger partial charge in [0.1, 0.15) is 5.41 Å². The van der Waals surface area contributed by atoms with Gasteiger partial charge in [-0.1, -0.05) is 0 Å². The second-order valence-corrected chi connectivity index (χ2v) is 3.97. The summed E-state index contributed by atoms with van der Waals surface area (Å²) < 4.78 is 0. The van der Waals surface area contributed by atoms with Gasteiger partial charge in [0, 0.05) is 18.9 Å². The second kappa shape index (κ2) is 4.74. The van der Waals surface area contributed by atoms with E-state index in [1.165, 1.54) is 13.8 Å². The second-order valence-electron chi connectivity index (χ2n) is 3.97. The van der Waals surface area contributed by atoms with Crippen LogP contribution in [0.1, 0.15) is 19.4 Å². The van der Waals surface area contributed by atoms with Gasteiger partial charge in [-0.25, -0.2) is 0 Å². The Balaban J connectivity index is 2.57. The predicted octanol–water partition coefficient (Wildman–Crippen LogP) is 0.809. The summed E-state index contributed by atoms with van der Waals surface area (Å²) in [5.74, 6) is -1.64. The third-order valence-electron chi connectivity index (χ3n) is 2.30. The van der Waals surface area contributed by atoms with Gasteiger partial charge in [0.05, 0.1) is 0 Å². The third kappa shape index (κ3) is 2.79. The number of nitrogens with zero attached hydrogens (tertiary/aromatic N) is 1. The lowest BCUT2D eigenvalue weighted by molar-refractivity contribution is -0.153. The van der Waals surface area contributed by atoms with Crippen LogP contribution < -0.4 is 5.32 Å². The van der Waals surface area contributed by atoms with Crippen LogP contribution in [0, 0.1) is 5.41 Å². The molecule has 16 heavy (non-hydrogen) atoms. The van der Waals surface area contributed by atoms with Crippen molar-refractivity contribution in [3.63, 3.8) is 0 Å². The monoisotopic (exact) mass is 222 g/mol. The van der Waals surface area contributed by atoms with Gasteiger partial charge >= 0.3 is 5.97 Å². The van der Waals surface area contributed by atoms with Crippen LogP contribution in [0.5, 0.6) is 0 Å². The molecule has 0 spiro atoms. The van der Waals surface area contributed by atoms with Gasteiger partial charge in [-0.3, -0.25) is 14.6 Å². The molecule has 1 aromatic heterocycles. The maximum Gasteiger partial charge on any atom is 0.318 e. The van der Waals surface area contributed by atoms with E-state index < -0.39 is 17.3 Å². The molecule has 0 aliphatic carbocycles. The number of hydrogen-bond acceptors (Lipinski definition) is 3. The number of rotatable bonds is 4. The van der Waals surface area contributed by atoms with Gasteiger partial charge in [0.2, 0.25) is 5.91 Å². The summed E-state index contributed by atoms with van der Waals surface area (Å²) in [7, 11) is 0. The lowest BCUT2D eigenvalue weighted by atomic mass is 9.92. The highest BCUT2D eigenvalue weighted by atomic mass is 16.4. The highest BCUT2D eigenvalue weighted by Gasteiger charge is 2.35. The van der Waals surface area contributed by atoms with Crippen molar-refractivity contribution in [3.8, 4) is 0 Å². The number of nitrogens with one attached hydrogen (secondary N) is 1. The number of amides is 1. The summed E-state index contributed by atoms with van der Waals surface area (Å²) in [6.07, 6.45) is 3.23. The molecule has 0 radical (unpaired) electrons. The maximum absolute atomic E-state index is 11.6. The highest BCUT2D eigenvalue weighted by molar-refractivity contribution is 6.00. The summed E-state index contributed by atoms with van der Waals surface area (Å²) in [6.45, 7) is 3.05. The van der Waals surface area contributed by atoms with Gasteiger partial charge in [-0.2, -0.15) is 0 Å². The van der Waals surface area contributed by atoms with Gasteiger partial charge < -0.3 is 10.4 Å². The molecule has 0 saturated carbocycles. The quantitative estimate of drug-likeness (QED) is 0.739. The van der Waals surface area contributed by atoms with E-state index >= 15 is 0 Å². The highest BCUT2D eigenvalue weighted by Crippen LogP contribution is 2.15. The normalized spacial score (nSPS) is 10.9. The molecule has 1 aromatic rings. The minimum atomic E-state index is -1.41. The van der Waals surface area contributed by atoms with Crippen LogP contribution in [-0.2, 0) is 16.1 Å². The largest absolute Gasteiger partial charge is 0.480 e. The van der Waals surface area contributed by atoms with Crippen LogP contribution in [-0.4, -0.2) is 22.0 Å². The average Bonchev–Trinajstić information content (AvgIpc) is 2.27. The van der Waals surface area contributed by atoms with Gasteiger partial charge in [0.25, 0.3) is 0 Å². The molecule has 0 aliphatic rings. The summed E-state index contributed by atoms with van der Waals surface area (Å²) in [5.41, 5.74) is -0.530. The van der Waals surface area contributed by atoms with Crippen molar-refractivity contribution < 1.29 is 14.7 Å². The zero-order chi connectivity index (χ0) is 12.2. The predicted molar refractivity (Wildman–Crippen MR) is 57.5 cm³/mol. The number of pyridine rings is 1. The Kier molecular flexibility index (Phi) is 3.60. The van der Waals surface area contributed by atoms with Crippen molar-refractivity contribution in [2.45, 2.75) is 20.4 Å². The van der Waals surface area contributed by atoms with E-state index in [1.807, 2.05) is 0 Å². The Hall–Kier alpha value is -1.91. The van der Waals surface area contributed by atoms with E-state index in [-0.39, 0.29) is 0 Å². The first-order valence-corrected chi connectivity index (χ1v) is 4.85. The number of aliphatic carboxylic acids is 1. The zero-order valence-electron chi connectivity index (χ0n) is 9.23. The molecule has 5 nitrogen and oxygen atoms in total. The minimum absolute atomic E-state index is 0.304. The first-order chi connectivity index (χ1) is 7.44. The number of carboxylic acids is 1. The molecule has 1 heterocycles. The molecule has 1 rings (SSSR count). The molecule has 5 heteroatoms. The number of carbonyl (C=O) groups is 2. The Bertz CT molecular complexity index is 387. The van der Waals surface area contributed by atoms with E-state index in [1.54, 1.807) is 24.5 Å². The van der Waals surface area contributed by atoms with Crippen molar-refractivity contribution in [1.29, 1.82) is 0 Å². The van der Waals surface area contributed by atoms with Crippen LogP contribution >= 0.6 is 0 Å². The Morgan fingerprint density at radius 2 is 1.94 bits per heavy atom. The zero-order valence-corrected chi connectivity index (χ0v) is 9.23. The SMILES string of the molecule is CC(C)(C(=O)O)C(=O)NCc1ccncc1. The molecule has 0 unspecified atom stereocenters. The Labute approximate surface area is 93.5 Å². The summed E-state index contributed by atoms with van der Waals surface area (Å²) in [6, 6.07) is 3.52. The first-order valence-electron chi connectivity index (χ1n) is 4.85. The number of carboxylic acid groups (broad SMARTS) is 1. The average molecular weight is 222 g/mol. The molecule has 0 fully saturated rings. The minimum Gasteiger partial charge on any atom is -0.480 e. The maximum atomic E-state index is 11.6. The molecule has 0 saturated heterocycles. The van der Waals surface area contributed by atoms with Crippen LogP contribution in [0.3, 0.4) is 0 Å². The lowest BCUT2D eigenvalue weighted by Crippen LogP contribution is -2.41. The smallest absolute Gasteiger partial charge is 0.318 e. The van der Waals surface area contributed by atoms with Gasteiger partial charge in [-0.05, 0) is 31.5 Å². The molecule has 0 atom stereocenters. The van der Waals surface area contributed by atoms with E-state index in [2.05, 4.69) is 10.3 Å². The van der Waals surface area contributed by atoms with E-state index in [0.717, 1.165) is 5.56 Å². The number of carbonyl (C=O) groups excluding carboxylic acids is 1. The van der Waals surface area contributed by atoms with Crippen LogP contribution in [0.25, 0.3) is 0 Å². The van der Waals surface area contributed by atoms with Crippen LogP contribution in [0.2, 0.25) is 0 Å². The Morgan fingerprint density at radius 3 is 2.44 bits per heavy atom. The van der Waals surface area contributed by atoms with Gasteiger partial charge in [-0.15, -0.1) is 0 Å². The fourth-order valence-corrected chi connectivity index (χ4v) is 1.00. The topological polar surface area (TPSA) is 79.3 Å². The molecular weight excluding hydrogens is 208 g/mol. The molecule has 0 bridgehead atoms. The molecule has 2 N–H and O–H groups in total. The fourth-order valence-electron chi connectivity index (χ4n) is 1.00. The van der Waals surface area contributed by atoms with Crippen molar-refractivity contribution in [3.05, 3.63) is 30.1 Å². The molecule has 0 aliphatic heterocycles. The summed E-state index contributed by atoms with van der Waals surface area (Å²) in [4.78, 5) is 26.2. The lowest BCUT2D eigenvalue weighted by Gasteiger charge is -2.18. The standard InChI is InChI=1S/C11H14N2O3/c1-11(2,10(15)16)9(14)13-7-8-3-5-12-6-4-8/h3-6H,7H2,1-2H3,(H,13,14)(H,15,16). The van der Waals surface area contributed by atoms with Crippen molar-refractivity contribution in [2.24, 2.45) is 5.41 Å². The van der Waals surface area contributed by atoms with E-state index in [9.17, 15) is 9.59 Å². The van der Waals surface area contributed by atoms with E-state index in [4.69, 9.17) is 5.11 Å². The van der Waals surface area contributed by atoms with Crippen LogP contribution in [0.4, 0.5) is 0 Å². The van der Waals surface area contributed by atoms with Crippen molar-refractivity contribution in [2.75, 3.05) is 0 Å². The molecule has 1 amide bonds. The Morgan fingerprint density at radius 1 is 1.38 bits per heavy atom.